The zero-order valence-corrected chi connectivity index (χ0v) is 9.71. The molecule has 6 heteroatoms. The molecule has 0 spiro atoms. The summed E-state index contributed by atoms with van der Waals surface area (Å²) in [6.45, 7) is 5.36. The van der Waals surface area contributed by atoms with Crippen LogP contribution in [0.4, 0.5) is 0 Å². The van der Waals surface area contributed by atoms with E-state index in [4.69, 9.17) is 0 Å². The van der Waals surface area contributed by atoms with Gasteiger partial charge in [0.25, 0.3) is 0 Å². The highest BCUT2D eigenvalue weighted by Gasteiger charge is 2.02. The van der Waals surface area contributed by atoms with E-state index in [1.807, 2.05) is 7.05 Å². The van der Waals surface area contributed by atoms with E-state index in [9.17, 15) is 0 Å². The zero-order chi connectivity index (χ0) is 10.4. The summed E-state index contributed by atoms with van der Waals surface area (Å²) >= 11 is 1.67. The van der Waals surface area contributed by atoms with Gasteiger partial charge in [0.1, 0.15) is 0 Å². The standard InChI is InChI=1S/C8H17N5S/c1-4-7(2)9-5-6-14-8-10-11-12-13(8)3/h7,9H,4-6H2,1-3H3. The highest BCUT2D eigenvalue weighted by Crippen LogP contribution is 2.10. The second kappa shape index (κ2) is 5.98. The Morgan fingerprint density at radius 3 is 2.93 bits per heavy atom. The maximum absolute atomic E-state index is 3.89. The van der Waals surface area contributed by atoms with Gasteiger partial charge in [0, 0.05) is 25.4 Å². The first-order chi connectivity index (χ1) is 6.74. The second-order valence-electron chi connectivity index (χ2n) is 3.20. The van der Waals surface area contributed by atoms with Gasteiger partial charge in [-0.25, -0.2) is 4.68 Å². The first-order valence-corrected chi connectivity index (χ1v) is 5.81. The Labute approximate surface area is 88.6 Å². The molecule has 5 nitrogen and oxygen atoms in total. The van der Waals surface area contributed by atoms with Crippen molar-refractivity contribution in [3.8, 4) is 0 Å². The highest BCUT2D eigenvalue weighted by molar-refractivity contribution is 7.99. The third-order valence-electron chi connectivity index (χ3n) is 2.02. The summed E-state index contributed by atoms with van der Waals surface area (Å²) in [6, 6.07) is 0.591. The highest BCUT2D eigenvalue weighted by atomic mass is 32.2. The summed E-state index contributed by atoms with van der Waals surface area (Å²) in [5.41, 5.74) is 0. The van der Waals surface area contributed by atoms with E-state index in [1.54, 1.807) is 16.4 Å². The normalized spacial score (nSPS) is 13.1. The number of hydrogen-bond acceptors (Lipinski definition) is 5. The molecule has 0 aliphatic carbocycles. The fourth-order valence-electron chi connectivity index (χ4n) is 0.936. The van der Waals surface area contributed by atoms with Crippen LogP contribution >= 0.6 is 11.8 Å². The number of rotatable bonds is 6. The molecule has 14 heavy (non-hydrogen) atoms. The van der Waals surface area contributed by atoms with Crippen LogP contribution in [0.2, 0.25) is 0 Å². The molecule has 0 saturated carbocycles. The van der Waals surface area contributed by atoms with Gasteiger partial charge in [-0.05, 0) is 23.8 Å². The average Bonchev–Trinajstić information content (AvgIpc) is 2.58. The smallest absolute Gasteiger partial charge is 0.209 e. The van der Waals surface area contributed by atoms with E-state index in [2.05, 4.69) is 34.7 Å². The van der Waals surface area contributed by atoms with Gasteiger partial charge in [-0.2, -0.15) is 0 Å². The van der Waals surface area contributed by atoms with Crippen LogP contribution in [0.3, 0.4) is 0 Å². The van der Waals surface area contributed by atoms with Crippen LogP contribution in [-0.4, -0.2) is 38.5 Å². The molecular formula is C8H17N5S. The minimum Gasteiger partial charge on any atom is -0.313 e. The molecule has 0 fully saturated rings. The molecule has 0 amide bonds. The lowest BCUT2D eigenvalue weighted by molar-refractivity contribution is 0.555. The fourth-order valence-corrected chi connectivity index (χ4v) is 1.66. The minimum absolute atomic E-state index is 0.591. The number of nitrogens with zero attached hydrogens (tertiary/aromatic N) is 4. The Hall–Kier alpha value is -0.620. The second-order valence-corrected chi connectivity index (χ2v) is 4.26. The summed E-state index contributed by atoms with van der Waals surface area (Å²) < 4.78 is 1.69. The van der Waals surface area contributed by atoms with E-state index in [-0.39, 0.29) is 0 Å². The third-order valence-corrected chi connectivity index (χ3v) is 3.03. The molecule has 1 N–H and O–H groups in total. The van der Waals surface area contributed by atoms with E-state index in [0.717, 1.165) is 23.9 Å². The molecule has 1 unspecified atom stereocenters. The summed E-state index contributed by atoms with van der Waals surface area (Å²) in [4.78, 5) is 0. The van der Waals surface area contributed by atoms with Crippen LogP contribution in [0.25, 0.3) is 0 Å². The van der Waals surface area contributed by atoms with Crippen molar-refractivity contribution in [2.75, 3.05) is 12.3 Å². The molecule has 0 saturated heterocycles. The Kier molecular flexibility index (Phi) is 4.89. The summed E-state index contributed by atoms with van der Waals surface area (Å²) in [7, 11) is 1.85. The summed E-state index contributed by atoms with van der Waals surface area (Å²) in [6.07, 6.45) is 1.16. The van der Waals surface area contributed by atoms with E-state index < -0.39 is 0 Å². The predicted molar refractivity (Wildman–Crippen MR) is 57.3 cm³/mol. The molecule has 1 heterocycles. The predicted octanol–water partition coefficient (Wildman–Crippen LogP) is 0.690. The van der Waals surface area contributed by atoms with Crippen molar-refractivity contribution in [3.05, 3.63) is 0 Å². The molecule has 1 atom stereocenters. The lowest BCUT2D eigenvalue weighted by atomic mass is 10.3. The van der Waals surface area contributed by atoms with Crippen molar-refractivity contribution in [1.82, 2.24) is 25.5 Å². The van der Waals surface area contributed by atoms with E-state index >= 15 is 0 Å². The average molecular weight is 215 g/mol. The molecular weight excluding hydrogens is 198 g/mol. The van der Waals surface area contributed by atoms with E-state index in [1.165, 1.54) is 0 Å². The third kappa shape index (κ3) is 3.63. The van der Waals surface area contributed by atoms with Crippen molar-refractivity contribution in [2.45, 2.75) is 31.5 Å². The zero-order valence-electron chi connectivity index (χ0n) is 8.90. The molecule has 0 aliphatic rings. The lowest BCUT2D eigenvalue weighted by Gasteiger charge is -2.09. The largest absolute Gasteiger partial charge is 0.313 e. The lowest BCUT2D eigenvalue weighted by Crippen LogP contribution is -2.27. The van der Waals surface area contributed by atoms with Crippen molar-refractivity contribution < 1.29 is 0 Å². The van der Waals surface area contributed by atoms with Crippen LogP contribution in [0.5, 0.6) is 0 Å². The molecule has 1 aromatic heterocycles. The number of nitrogens with one attached hydrogen (secondary N) is 1. The summed E-state index contributed by atoms with van der Waals surface area (Å²) in [5, 5.41) is 15.5. The molecule has 1 aromatic rings. The van der Waals surface area contributed by atoms with Crippen LogP contribution in [-0.2, 0) is 7.05 Å². The summed E-state index contributed by atoms with van der Waals surface area (Å²) in [5.74, 6) is 0.999. The maximum atomic E-state index is 3.89. The topological polar surface area (TPSA) is 55.6 Å². The van der Waals surface area contributed by atoms with Gasteiger partial charge in [-0.3, -0.25) is 0 Å². The quantitative estimate of drug-likeness (QED) is 0.559. The van der Waals surface area contributed by atoms with Crippen LogP contribution in [0, 0.1) is 0 Å². The van der Waals surface area contributed by atoms with E-state index in [0.29, 0.717) is 6.04 Å². The fraction of sp³-hybridized carbons (Fsp3) is 0.875. The number of thioether (sulfide) groups is 1. The molecule has 1 rings (SSSR count). The van der Waals surface area contributed by atoms with Crippen molar-refractivity contribution in [1.29, 1.82) is 0 Å². The first kappa shape index (κ1) is 11.5. The van der Waals surface area contributed by atoms with Crippen molar-refractivity contribution in [3.63, 3.8) is 0 Å². The minimum atomic E-state index is 0.591. The molecule has 0 aromatic carbocycles. The van der Waals surface area contributed by atoms with Crippen LogP contribution in [0.15, 0.2) is 5.16 Å². The van der Waals surface area contributed by atoms with Gasteiger partial charge in [-0.1, -0.05) is 18.7 Å². The number of tetrazole rings is 1. The Balaban J connectivity index is 2.13. The van der Waals surface area contributed by atoms with Gasteiger partial charge in [0.2, 0.25) is 5.16 Å². The Morgan fingerprint density at radius 1 is 1.57 bits per heavy atom. The maximum Gasteiger partial charge on any atom is 0.209 e. The van der Waals surface area contributed by atoms with Gasteiger partial charge < -0.3 is 5.32 Å². The molecule has 80 valence electrons. The Morgan fingerprint density at radius 2 is 2.36 bits per heavy atom. The first-order valence-electron chi connectivity index (χ1n) is 4.82. The molecule has 0 bridgehead atoms. The van der Waals surface area contributed by atoms with Crippen molar-refractivity contribution >= 4 is 11.8 Å². The Bertz CT molecular complexity index is 262. The van der Waals surface area contributed by atoms with Gasteiger partial charge in [-0.15, -0.1) is 5.10 Å². The number of hydrogen-bond donors (Lipinski definition) is 1. The van der Waals surface area contributed by atoms with Gasteiger partial charge >= 0.3 is 0 Å². The van der Waals surface area contributed by atoms with Crippen LogP contribution in [0.1, 0.15) is 20.3 Å². The monoisotopic (exact) mass is 215 g/mol. The van der Waals surface area contributed by atoms with Gasteiger partial charge in [0.15, 0.2) is 0 Å². The molecule has 0 aliphatic heterocycles. The number of aryl methyl sites for hydroxylation is 1. The van der Waals surface area contributed by atoms with Crippen molar-refractivity contribution in [2.24, 2.45) is 7.05 Å². The number of aromatic nitrogens is 4. The van der Waals surface area contributed by atoms with Gasteiger partial charge in [0.05, 0.1) is 0 Å². The molecule has 0 radical (unpaired) electrons. The SMILES string of the molecule is CCC(C)NCCSc1nnnn1C. The van der Waals surface area contributed by atoms with Crippen LogP contribution < -0.4 is 5.32 Å².